The molecule has 1 fully saturated rings. The van der Waals surface area contributed by atoms with E-state index in [9.17, 15) is 9.59 Å². The standard InChI is InChI=1S/C9H15N3O2S/c1-2-11-5-6-12(4-3-7(10)15)9(14)8(11)13/h2-6H2,1H3,(H2,10,15). The van der Waals surface area contributed by atoms with Crippen LogP contribution in [-0.4, -0.2) is 52.8 Å². The Bertz CT molecular complexity index is 293. The van der Waals surface area contributed by atoms with Crippen molar-refractivity contribution in [1.29, 1.82) is 0 Å². The molecule has 2 N–H and O–H groups in total. The van der Waals surface area contributed by atoms with Crippen molar-refractivity contribution in [3.05, 3.63) is 0 Å². The molecule has 1 heterocycles. The SMILES string of the molecule is CCN1CCN(CCC(N)=S)C(=O)C1=O. The first-order valence-corrected chi connectivity index (χ1v) is 5.33. The van der Waals surface area contributed by atoms with Crippen LogP contribution in [0.5, 0.6) is 0 Å². The van der Waals surface area contributed by atoms with E-state index in [1.165, 1.54) is 4.90 Å². The van der Waals surface area contributed by atoms with Gasteiger partial charge in [0.25, 0.3) is 0 Å². The highest BCUT2D eigenvalue weighted by molar-refractivity contribution is 7.80. The fraction of sp³-hybridized carbons (Fsp3) is 0.667. The third-order valence-corrected chi connectivity index (χ3v) is 2.61. The molecule has 15 heavy (non-hydrogen) atoms. The van der Waals surface area contributed by atoms with Crippen LogP contribution in [0.15, 0.2) is 0 Å². The molecule has 0 aromatic rings. The maximum Gasteiger partial charge on any atom is 0.312 e. The number of rotatable bonds is 4. The predicted molar refractivity (Wildman–Crippen MR) is 60.2 cm³/mol. The number of carbonyl (C=O) groups is 2. The maximum absolute atomic E-state index is 11.6. The van der Waals surface area contributed by atoms with Crippen molar-refractivity contribution in [2.45, 2.75) is 13.3 Å². The summed E-state index contributed by atoms with van der Waals surface area (Å²) >= 11 is 4.72. The van der Waals surface area contributed by atoms with Crippen LogP contribution < -0.4 is 5.73 Å². The van der Waals surface area contributed by atoms with Crippen molar-refractivity contribution < 1.29 is 9.59 Å². The molecule has 5 nitrogen and oxygen atoms in total. The van der Waals surface area contributed by atoms with Crippen LogP contribution in [0.3, 0.4) is 0 Å². The Labute approximate surface area is 94.2 Å². The van der Waals surface area contributed by atoms with Gasteiger partial charge in [0.1, 0.15) is 0 Å². The quantitative estimate of drug-likeness (QED) is 0.514. The summed E-state index contributed by atoms with van der Waals surface area (Å²) in [5, 5.41) is 0. The molecule has 0 aromatic heterocycles. The summed E-state index contributed by atoms with van der Waals surface area (Å²) in [5.74, 6) is -0.869. The molecule has 0 saturated carbocycles. The van der Waals surface area contributed by atoms with E-state index in [4.69, 9.17) is 18.0 Å². The van der Waals surface area contributed by atoms with Crippen LogP contribution in [0.1, 0.15) is 13.3 Å². The number of thiocarbonyl (C=S) groups is 1. The summed E-state index contributed by atoms with van der Waals surface area (Å²) in [6, 6.07) is 0. The molecule has 0 aromatic carbocycles. The van der Waals surface area contributed by atoms with Gasteiger partial charge < -0.3 is 15.5 Å². The summed E-state index contributed by atoms with van der Waals surface area (Å²) < 4.78 is 0. The zero-order valence-corrected chi connectivity index (χ0v) is 9.55. The molecule has 0 atom stereocenters. The summed E-state index contributed by atoms with van der Waals surface area (Å²) in [7, 11) is 0. The van der Waals surface area contributed by atoms with Gasteiger partial charge in [0.15, 0.2) is 0 Å². The minimum atomic E-state index is -0.445. The average Bonchev–Trinajstić information content (AvgIpc) is 2.20. The number of hydrogen-bond donors (Lipinski definition) is 1. The van der Waals surface area contributed by atoms with Gasteiger partial charge >= 0.3 is 11.8 Å². The molecule has 0 unspecified atom stereocenters. The predicted octanol–water partition coefficient (Wildman–Crippen LogP) is -0.647. The van der Waals surface area contributed by atoms with Gasteiger partial charge in [-0.25, -0.2) is 0 Å². The van der Waals surface area contributed by atoms with Crippen LogP contribution >= 0.6 is 12.2 Å². The topological polar surface area (TPSA) is 66.6 Å². The summed E-state index contributed by atoms with van der Waals surface area (Å²) in [5.41, 5.74) is 5.34. The lowest BCUT2D eigenvalue weighted by Crippen LogP contribution is -2.54. The molecule has 1 rings (SSSR count). The molecule has 6 heteroatoms. The molecule has 84 valence electrons. The highest BCUT2D eigenvalue weighted by Crippen LogP contribution is 2.05. The van der Waals surface area contributed by atoms with E-state index in [0.29, 0.717) is 37.6 Å². The lowest BCUT2D eigenvalue weighted by Gasteiger charge is -2.32. The molecule has 0 radical (unpaired) electrons. The van der Waals surface area contributed by atoms with Crippen LogP contribution in [-0.2, 0) is 9.59 Å². The zero-order valence-electron chi connectivity index (χ0n) is 8.73. The van der Waals surface area contributed by atoms with Crippen LogP contribution in [0, 0.1) is 0 Å². The van der Waals surface area contributed by atoms with Gasteiger partial charge in [-0.15, -0.1) is 0 Å². The number of carbonyl (C=O) groups excluding carboxylic acids is 2. The molecule has 1 saturated heterocycles. The fourth-order valence-corrected chi connectivity index (χ4v) is 1.57. The van der Waals surface area contributed by atoms with E-state index in [2.05, 4.69) is 0 Å². The number of hydrogen-bond acceptors (Lipinski definition) is 3. The Balaban J connectivity index is 2.53. The Morgan fingerprint density at radius 3 is 2.40 bits per heavy atom. The number of nitrogens with zero attached hydrogens (tertiary/aromatic N) is 2. The smallest absolute Gasteiger partial charge is 0.312 e. The molecular formula is C9H15N3O2S. The molecule has 0 spiro atoms. The van der Waals surface area contributed by atoms with Crippen molar-refractivity contribution in [2.75, 3.05) is 26.2 Å². The van der Waals surface area contributed by atoms with Crippen molar-refractivity contribution in [3.63, 3.8) is 0 Å². The van der Waals surface area contributed by atoms with E-state index in [1.807, 2.05) is 6.92 Å². The van der Waals surface area contributed by atoms with Crippen LogP contribution in [0.4, 0.5) is 0 Å². The Hall–Kier alpha value is -1.17. The van der Waals surface area contributed by atoms with Crippen molar-refractivity contribution in [1.82, 2.24) is 9.80 Å². The second-order valence-corrected chi connectivity index (χ2v) is 3.92. The third-order valence-electron chi connectivity index (χ3n) is 2.41. The lowest BCUT2D eigenvalue weighted by molar-refractivity contribution is -0.155. The maximum atomic E-state index is 11.6. The van der Waals surface area contributed by atoms with Gasteiger partial charge in [-0.3, -0.25) is 9.59 Å². The molecule has 1 aliphatic rings. The van der Waals surface area contributed by atoms with Crippen molar-refractivity contribution >= 4 is 29.0 Å². The van der Waals surface area contributed by atoms with Gasteiger partial charge in [-0.2, -0.15) is 0 Å². The first-order chi connectivity index (χ1) is 7.06. The van der Waals surface area contributed by atoms with E-state index >= 15 is 0 Å². The Morgan fingerprint density at radius 1 is 1.33 bits per heavy atom. The second-order valence-electron chi connectivity index (χ2n) is 3.39. The van der Waals surface area contributed by atoms with Gasteiger partial charge in [0, 0.05) is 32.6 Å². The normalized spacial score (nSPS) is 17.1. The van der Waals surface area contributed by atoms with Gasteiger partial charge in [0.05, 0.1) is 4.99 Å². The fourth-order valence-electron chi connectivity index (χ4n) is 1.48. The molecule has 0 aliphatic carbocycles. The third kappa shape index (κ3) is 2.89. The van der Waals surface area contributed by atoms with E-state index < -0.39 is 11.8 Å². The summed E-state index contributed by atoms with van der Waals surface area (Å²) in [4.78, 5) is 26.5. The molecule has 0 bridgehead atoms. The Morgan fingerprint density at radius 2 is 1.87 bits per heavy atom. The van der Waals surface area contributed by atoms with Gasteiger partial charge in [0.2, 0.25) is 0 Å². The van der Waals surface area contributed by atoms with E-state index in [0.717, 1.165) is 0 Å². The number of likely N-dealkylation sites (N-methyl/N-ethyl adjacent to an activating group) is 1. The molecule has 2 amide bonds. The van der Waals surface area contributed by atoms with E-state index in [-0.39, 0.29) is 0 Å². The first-order valence-electron chi connectivity index (χ1n) is 4.92. The largest absolute Gasteiger partial charge is 0.393 e. The van der Waals surface area contributed by atoms with Crippen molar-refractivity contribution in [3.8, 4) is 0 Å². The summed E-state index contributed by atoms with van der Waals surface area (Å²) in [6.07, 6.45) is 0.473. The monoisotopic (exact) mass is 229 g/mol. The molecule has 1 aliphatic heterocycles. The Kier molecular flexibility index (Phi) is 4.02. The number of nitrogens with two attached hydrogens (primary N) is 1. The highest BCUT2D eigenvalue weighted by atomic mass is 32.1. The summed E-state index contributed by atoms with van der Waals surface area (Å²) in [6.45, 7) is 4.04. The van der Waals surface area contributed by atoms with Gasteiger partial charge in [-0.05, 0) is 6.92 Å². The minimum absolute atomic E-state index is 0.369. The first kappa shape index (κ1) is 11.9. The zero-order chi connectivity index (χ0) is 11.4. The van der Waals surface area contributed by atoms with Crippen molar-refractivity contribution in [2.24, 2.45) is 5.73 Å². The minimum Gasteiger partial charge on any atom is -0.393 e. The van der Waals surface area contributed by atoms with Crippen LogP contribution in [0.25, 0.3) is 0 Å². The average molecular weight is 229 g/mol. The highest BCUT2D eigenvalue weighted by Gasteiger charge is 2.30. The van der Waals surface area contributed by atoms with Gasteiger partial charge in [-0.1, -0.05) is 12.2 Å². The number of amides is 2. The van der Waals surface area contributed by atoms with E-state index in [1.54, 1.807) is 4.90 Å². The lowest BCUT2D eigenvalue weighted by atomic mass is 10.2. The number of piperazine rings is 1. The molecular weight excluding hydrogens is 214 g/mol. The second kappa shape index (κ2) is 5.06. The van der Waals surface area contributed by atoms with Crippen LogP contribution in [0.2, 0.25) is 0 Å².